The predicted octanol–water partition coefficient (Wildman–Crippen LogP) is -0.646. The van der Waals surface area contributed by atoms with Crippen molar-refractivity contribution in [2.24, 2.45) is 0 Å². The highest BCUT2D eigenvalue weighted by atomic mass is 79.9. The molecule has 0 bridgehead atoms. The zero-order valence-corrected chi connectivity index (χ0v) is 23.5. The third-order valence-corrected chi connectivity index (χ3v) is 5.45. The Morgan fingerprint density at radius 2 is 1.31 bits per heavy atom. The molecule has 0 saturated carbocycles. The van der Waals surface area contributed by atoms with E-state index in [1.807, 2.05) is 0 Å². The molecule has 0 rings (SSSR count). The minimum Gasteiger partial charge on any atom is -0.377 e. The average molecular weight is 621 g/mol. The van der Waals surface area contributed by atoms with Crippen molar-refractivity contribution in [3.63, 3.8) is 0 Å². The van der Waals surface area contributed by atoms with Crippen LogP contribution in [0.4, 0.5) is 0 Å². The van der Waals surface area contributed by atoms with Crippen molar-refractivity contribution < 1.29 is 33.4 Å². The average Bonchev–Trinajstić information content (AvgIpc) is 2.87. The van der Waals surface area contributed by atoms with Gasteiger partial charge in [0.25, 0.3) is 0 Å². The molecule has 0 aliphatic rings. The van der Waals surface area contributed by atoms with E-state index < -0.39 is 11.9 Å². The molecule has 0 aromatic rings. The molecule has 0 aliphatic heterocycles. The van der Waals surface area contributed by atoms with Gasteiger partial charge in [-0.05, 0) is 19.8 Å². The fourth-order valence-electron chi connectivity index (χ4n) is 2.74. The van der Waals surface area contributed by atoms with Crippen LogP contribution in [0.5, 0.6) is 0 Å². The van der Waals surface area contributed by atoms with Gasteiger partial charge in [-0.25, -0.2) is 0 Å². The van der Waals surface area contributed by atoms with Crippen molar-refractivity contribution in [1.82, 2.24) is 26.2 Å². The molecule has 0 saturated heterocycles. The van der Waals surface area contributed by atoms with Crippen molar-refractivity contribution in [2.75, 3.05) is 76.2 Å². The number of ether oxygens (including phenoxy) is 2. The Balaban J connectivity index is 4.39. The number of alkyl halides is 3. The van der Waals surface area contributed by atoms with Crippen LogP contribution in [0.15, 0.2) is 0 Å². The quantitative estimate of drug-likeness (QED) is 0.0982. The second-order valence-electron chi connectivity index (χ2n) is 7.44. The van der Waals surface area contributed by atoms with Crippen LogP contribution in [0.1, 0.15) is 19.8 Å². The molecule has 0 fully saturated rings. The van der Waals surface area contributed by atoms with E-state index in [0.29, 0.717) is 52.2 Å². The molecule has 1 atom stereocenters. The van der Waals surface area contributed by atoms with Crippen molar-refractivity contribution in [2.45, 2.75) is 25.8 Å². The Labute approximate surface area is 230 Å². The maximum atomic E-state index is 12.9. The molecule has 208 valence electrons. The minimum absolute atomic E-state index is 0.134. The largest absolute Gasteiger partial charge is 0.377 e. The lowest BCUT2D eigenvalue weighted by Gasteiger charge is -2.26. The van der Waals surface area contributed by atoms with E-state index >= 15 is 0 Å². The van der Waals surface area contributed by atoms with Gasteiger partial charge in [0.15, 0.2) is 0 Å². The van der Waals surface area contributed by atoms with Crippen LogP contribution in [0.2, 0.25) is 0 Å². The Morgan fingerprint density at radius 1 is 0.778 bits per heavy atom. The lowest BCUT2D eigenvalue weighted by Crippen LogP contribution is -2.49. The van der Waals surface area contributed by atoms with E-state index in [2.05, 4.69) is 37.2 Å². The number of hydrogen-bond donors (Lipinski definition) is 4. The highest BCUT2D eigenvalue weighted by molar-refractivity contribution is 9.09. The number of hydrogen-bond acceptors (Lipinski definition) is 7. The zero-order chi connectivity index (χ0) is 27.2. The summed E-state index contributed by atoms with van der Waals surface area (Å²) in [5, 5.41) is 10.7. The summed E-state index contributed by atoms with van der Waals surface area (Å²) in [5.74, 6) is -1.78. The number of nitrogens with zero attached hydrogens (tertiary/aromatic N) is 1. The molecule has 0 aromatic heterocycles. The molecule has 36 heavy (non-hydrogen) atoms. The van der Waals surface area contributed by atoms with Gasteiger partial charge in [-0.15, -0.1) is 23.2 Å². The first kappa shape index (κ1) is 34.3. The fourth-order valence-corrected chi connectivity index (χ4v) is 3.12. The Bertz CT molecular complexity index is 667. The topological polar surface area (TPSA) is 155 Å². The number of nitrogens with one attached hydrogen (secondary N) is 4. The van der Waals surface area contributed by atoms with E-state index in [0.717, 1.165) is 0 Å². The van der Waals surface area contributed by atoms with E-state index in [9.17, 15) is 24.0 Å². The minimum atomic E-state index is -0.801. The van der Waals surface area contributed by atoms with Crippen LogP contribution >= 0.6 is 39.1 Å². The molecule has 0 spiro atoms. The maximum absolute atomic E-state index is 12.9. The van der Waals surface area contributed by atoms with Crippen molar-refractivity contribution in [1.29, 1.82) is 0 Å². The fraction of sp³-hybridized carbons (Fsp3) is 0.762. The van der Waals surface area contributed by atoms with Gasteiger partial charge in [0.1, 0.15) is 24.4 Å². The molecule has 15 heteroatoms. The molecular formula is C21H36BrCl2N5O7. The highest BCUT2D eigenvalue weighted by Crippen LogP contribution is 2.00. The van der Waals surface area contributed by atoms with Crippen LogP contribution in [0.3, 0.4) is 0 Å². The number of amides is 5. The van der Waals surface area contributed by atoms with E-state index in [-0.39, 0.29) is 60.5 Å². The summed E-state index contributed by atoms with van der Waals surface area (Å²) in [6.07, 6.45) is 0.984. The van der Waals surface area contributed by atoms with Gasteiger partial charge in [0, 0.05) is 32.7 Å². The molecule has 4 N–H and O–H groups in total. The SMILES string of the molecule is CC(NC(=O)COCCOCCNC(=O)CBr)C(=O)N(CCCNC(=O)CCl)CCCNC(=O)CCl. The Morgan fingerprint density at radius 3 is 1.83 bits per heavy atom. The summed E-state index contributed by atoms with van der Waals surface area (Å²) in [6, 6.07) is -0.801. The lowest BCUT2D eigenvalue weighted by molar-refractivity contribution is -0.137. The van der Waals surface area contributed by atoms with Crippen LogP contribution in [-0.4, -0.2) is 117 Å². The van der Waals surface area contributed by atoms with Gasteiger partial charge < -0.3 is 35.6 Å². The Hall–Kier alpha value is -1.67. The molecule has 1 unspecified atom stereocenters. The van der Waals surface area contributed by atoms with Crippen molar-refractivity contribution in [3.8, 4) is 0 Å². The smallest absolute Gasteiger partial charge is 0.246 e. The van der Waals surface area contributed by atoms with Crippen LogP contribution in [-0.2, 0) is 33.4 Å². The summed E-state index contributed by atoms with van der Waals surface area (Å²) >= 11 is 13.9. The summed E-state index contributed by atoms with van der Waals surface area (Å²) < 4.78 is 10.5. The molecule has 12 nitrogen and oxygen atoms in total. The summed E-state index contributed by atoms with van der Waals surface area (Å²) in [5.41, 5.74) is 0. The van der Waals surface area contributed by atoms with Gasteiger partial charge in [-0.2, -0.15) is 0 Å². The zero-order valence-electron chi connectivity index (χ0n) is 20.4. The first-order valence-corrected chi connectivity index (χ1v) is 13.7. The Kier molecular flexibility index (Phi) is 21.5. The van der Waals surface area contributed by atoms with Crippen LogP contribution in [0.25, 0.3) is 0 Å². The molecule has 5 amide bonds. The second-order valence-corrected chi connectivity index (χ2v) is 8.53. The van der Waals surface area contributed by atoms with Crippen molar-refractivity contribution in [3.05, 3.63) is 0 Å². The monoisotopic (exact) mass is 619 g/mol. The first-order valence-electron chi connectivity index (χ1n) is 11.5. The molecule has 0 aliphatic carbocycles. The third kappa shape index (κ3) is 18.6. The van der Waals surface area contributed by atoms with Crippen molar-refractivity contribution >= 4 is 68.7 Å². The number of rotatable bonds is 21. The normalized spacial score (nSPS) is 11.3. The molecular weight excluding hydrogens is 585 g/mol. The van der Waals surface area contributed by atoms with Crippen LogP contribution < -0.4 is 21.3 Å². The van der Waals surface area contributed by atoms with E-state index in [4.69, 9.17) is 32.7 Å². The third-order valence-electron chi connectivity index (χ3n) is 4.45. The molecule has 0 heterocycles. The number of carbonyl (C=O) groups is 5. The second kappa shape index (κ2) is 22.5. The van der Waals surface area contributed by atoms with Gasteiger partial charge in [-0.3, -0.25) is 24.0 Å². The maximum Gasteiger partial charge on any atom is 0.246 e. The van der Waals surface area contributed by atoms with E-state index in [1.165, 1.54) is 0 Å². The molecule has 0 aromatic carbocycles. The van der Waals surface area contributed by atoms with Gasteiger partial charge in [0.05, 0.1) is 25.2 Å². The first-order chi connectivity index (χ1) is 17.2. The predicted molar refractivity (Wildman–Crippen MR) is 139 cm³/mol. The number of halogens is 3. The number of carbonyl (C=O) groups excluding carboxylic acids is 5. The van der Waals surface area contributed by atoms with Gasteiger partial charge >= 0.3 is 0 Å². The standard InChI is InChI=1S/C21H36BrCl2N5O7/c1-16(28-20(33)15-36-11-10-35-9-6-27-17(30)12-22)21(34)29(7-2-4-25-18(31)13-23)8-3-5-26-19(32)14-24/h16H,2-15H2,1H3,(H,25,31)(H,26,32)(H,27,30)(H,28,33). The van der Waals surface area contributed by atoms with E-state index in [1.54, 1.807) is 11.8 Å². The summed E-state index contributed by atoms with van der Waals surface area (Å²) in [6.45, 7) is 3.83. The summed E-state index contributed by atoms with van der Waals surface area (Å²) in [7, 11) is 0. The lowest BCUT2D eigenvalue weighted by atomic mass is 10.2. The highest BCUT2D eigenvalue weighted by Gasteiger charge is 2.22. The van der Waals surface area contributed by atoms with Gasteiger partial charge in [0.2, 0.25) is 29.5 Å². The molecule has 0 radical (unpaired) electrons. The van der Waals surface area contributed by atoms with Gasteiger partial charge in [-0.1, -0.05) is 15.9 Å². The van der Waals surface area contributed by atoms with Crippen LogP contribution in [0, 0.1) is 0 Å². The summed E-state index contributed by atoms with van der Waals surface area (Å²) in [4.78, 5) is 60.2.